The van der Waals surface area contributed by atoms with Crippen molar-refractivity contribution in [1.82, 2.24) is 5.43 Å². The molecule has 2 heterocycles. The highest BCUT2D eigenvalue weighted by Gasteiger charge is 2.51. The highest BCUT2D eigenvalue weighted by Crippen LogP contribution is 2.45. The van der Waals surface area contributed by atoms with Crippen molar-refractivity contribution in [3.63, 3.8) is 0 Å². The summed E-state index contributed by atoms with van der Waals surface area (Å²) in [5.41, 5.74) is 2.73. The summed E-state index contributed by atoms with van der Waals surface area (Å²) in [6, 6.07) is 5.46. The fraction of sp³-hybridized carbons (Fsp3) is 0.471. The summed E-state index contributed by atoms with van der Waals surface area (Å²) in [6.07, 6.45) is 0.303. The molecule has 2 aliphatic heterocycles. The fourth-order valence-electron chi connectivity index (χ4n) is 3.13. The monoisotopic (exact) mass is 327 g/mol. The minimum Gasteiger partial charge on any atom is -0.485 e. The number of hydrogen-bond donors (Lipinski definition) is 2. The van der Waals surface area contributed by atoms with E-state index in [1.807, 2.05) is 13.8 Å². The van der Waals surface area contributed by atoms with E-state index >= 15 is 0 Å². The zero-order valence-electron chi connectivity index (χ0n) is 13.4. The predicted molar refractivity (Wildman–Crippen MR) is 83.4 cm³/mol. The lowest BCUT2D eigenvalue weighted by Gasteiger charge is -2.37. The van der Waals surface area contributed by atoms with Gasteiger partial charge < -0.3 is 14.6 Å². The number of rotatable bonds is 1. The minimum atomic E-state index is -0.719. The largest absolute Gasteiger partial charge is 0.485 e. The number of hydrogen-bond acceptors (Lipinski definition) is 6. The van der Waals surface area contributed by atoms with Crippen LogP contribution in [0.2, 0.25) is 0 Å². The Bertz CT molecular complexity index is 809. The minimum absolute atomic E-state index is 0.0352. The van der Waals surface area contributed by atoms with Gasteiger partial charge in [-0.1, -0.05) is 0 Å². The van der Waals surface area contributed by atoms with E-state index in [-0.39, 0.29) is 17.7 Å². The van der Waals surface area contributed by atoms with E-state index in [0.717, 1.165) is 0 Å². The summed E-state index contributed by atoms with van der Waals surface area (Å²) in [4.78, 5) is 11.5. The van der Waals surface area contributed by atoms with Crippen LogP contribution in [-0.4, -0.2) is 28.6 Å². The van der Waals surface area contributed by atoms with Gasteiger partial charge in [0.15, 0.2) is 5.75 Å². The van der Waals surface area contributed by atoms with Gasteiger partial charge >= 0.3 is 0 Å². The lowest BCUT2D eigenvalue weighted by atomic mass is 9.90. The lowest BCUT2D eigenvalue weighted by Crippen LogP contribution is -2.46. The number of ether oxygens (including phenoxy) is 2. The number of nitrogens with one attached hydrogen (secondary N) is 1. The van der Waals surface area contributed by atoms with Gasteiger partial charge in [-0.05, 0) is 32.4 Å². The molecule has 24 heavy (non-hydrogen) atoms. The van der Waals surface area contributed by atoms with Gasteiger partial charge in [-0.3, -0.25) is 4.79 Å². The van der Waals surface area contributed by atoms with Crippen molar-refractivity contribution < 1.29 is 19.4 Å². The molecule has 1 unspecified atom stereocenters. The van der Waals surface area contributed by atoms with Gasteiger partial charge in [0.1, 0.15) is 17.4 Å². The Hall–Kier alpha value is -2.59. The van der Waals surface area contributed by atoms with E-state index < -0.39 is 11.7 Å². The quantitative estimate of drug-likeness (QED) is 0.803. The van der Waals surface area contributed by atoms with Crippen molar-refractivity contribution in [3.8, 4) is 17.6 Å². The predicted octanol–water partition coefficient (Wildman–Crippen LogP) is 1.09. The first-order chi connectivity index (χ1) is 11.4. The summed E-state index contributed by atoms with van der Waals surface area (Å²) in [6.45, 7) is 3.63. The van der Waals surface area contributed by atoms with Crippen LogP contribution in [-0.2, 0) is 11.2 Å². The van der Waals surface area contributed by atoms with Crippen LogP contribution in [0, 0.1) is 23.2 Å². The molecule has 1 aliphatic carbocycles. The molecular formula is C17H17N3O4. The summed E-state index contributed by atoms with van der Waals surface area (Å²) in [5, 5.41) is 23.7. The van der Waals surface area contributed by atoms with Crippen LogP contribution >= 0.6 is 0 Å². The average Bonchev–Trinajstić information content (AvgIpc) is 3.33. The summed E-state index contributed by atoms with van der Waals surface area (Å²) >= 11 is 0. The van der Waals surface area contributed by atoms with Gasteiger partial charge in [-0.25, -0.2) is 5.43 Å². The average molecular weight is 327 g/mol. The number of aliphatic hydroxyl groups is 1. The van der Waals surface area contributed by atoms with Gasteiger partial charge in [-0.15, -0.1) is 5.10 Å². The number of aliphatic hydroxyl groups excluding tert-OH is 1. The molecule has 1 aromatic rings. The molecule has 1 aromatic carbocycles. The second-order valence-electron chi connectivity index (χ2n) is 6.93. The van der Waals surface area contributed by atoms with Crippen molar-refractivity contribution in [1.29, 1.82) is 5.26 Å². The maximum Gasteiger partial charge on any atom is 0.244 e. The number of hydrazone groups is 1. The molecule has 0 aromatic heterocycles. The maximum absolute atomic E-state index is 11.5. The zero-order chi connectivity index (χ0) is 17.1. The molecule has 0 radical (unpaired) electrons. The summed E-state index contributed by atoms with van der Waals surface area (Å²) in [5.74, 6) is 1.12. The Balaban J connectivity index is 1.73. The molecule has 3 aliphatic rings. The zero-order valence-corrected chi connectivity index (χ0v) is 13.4. The van der Waals surface area contributed by atoms with Crippen LogP contribution in [0.1, 0.15) is 31.4 Å². The normalized spacial score (nSPS) is 29.2. The Morgan fingerprint density at radius 2 is 2.25 bits per heavy atom. The molecule has 0 bridgehead atoms. The van der Waals surface area contributed by atoms with E-state index in [4.69, 9.17) is 9.47 Å². The fourth-order valence-corrected chi connectivity index (χ4v) is 3.13. The van der Waals surface area contributed by atoms with Gasteiger partial charge in [-0.2, -0.15) is 5.26 Å². The van der Waals surface area contributed by atoms with Crippen LogP contribution in [0.4, 0.5) is 0 Å². The standard InChI is InChI=1S/C17H17N3O4/c1-17(2)13(21)6-11-12(24-17)4-3-8(7-18)14(11)23-16-10-5-9(10)15(22)19-20-16/h3-4,9-10,13,21H,5-6H2,1-2H3,(H,19,22)/t9?,10-,13-/m0/s1. The summed E-state index contributed by atoms with van der Waals surface area (Å²) in [7, 11) is 0. The number of nitrogens with zero attached hydrogens (tertiary/aromatic N) is 2. The van der Waals surface area contributed by atoms with Gasteiger partial charge in [0, 0.05) is 17.9 Å². The van der Waals surface area contributed by atoms with Crippen LogP contribution in [0.15, 0.2) is 17.2 Å². The van der Waals surface area contributed by atoms with Gasteiger partial charge in [0.05, 0.1) is 17.6 Å². The molecule has 1 saturated carbocycles. The second-order valence-corrected chi connectivity index (χ2v) is 6.93. The van der Waals surface area contributed by atoms with Crippen LogP contribution in [0.5, 0.6) is 11.5 Å². The smallest absolute Gasteiger partial charge is 0.244 e. The SMILES string of the molecule is CC1(C)Oc2ccc(C#N)c(OC3=NNC(=O)C4C[C@H]34)c2C[C@@H]1O. The molecule has 2 N–H and O–H groups in total. The van der Waals surface area contributed by atoms with Crippen LogP contribution in [0.25, 0.3) is 0 Å². The van der Waals surface area contributed by atoms with Gasteiger partial charge in [0.2, 0.25) is 11.8 Å². The first-order valence-electron chi connectivity index (χ1n) is 7.89. The third kappa shape index (κ3) is 2.22. The number of carbonyl (C=O) groups excluding carboxylic acids is 1. The van der Waals surface area contributed by atoms with E-state index in [0.29, 0.717) is 41.4 Å². The van der Waals surface area contributed by atoms with Crippen molar-refractivity contribution in [2.75, 3.05) is 0 Å². The Morgan fingerprint density at radius 3 is 3.00 bits per heavy atom. The maximum atomic E-state index is 11.5. The molecule has 7 heteroatoms. The van der Waals surface area contributed by atoms with Crippen molar-refractivity contribution in [2.24, 2.45) is 16.9 Å². The number of fused-ring (bicyclic) bond motifs is 2. The van der Waals surface area contributed by atoms with E-state index in [1.165, 1.54) is 0 Å². The third-order valence-electron chi connectivity index (χ3n) is 4.84. The number of amides is 1. The Kier molecular flexibility index (Phi) is 3.09. The lowest BCUT2D eigenvalue weighted by molar-refractivity contribution is -0.122. The number of nitriles is 1. The molecule has 0 saturated heterocycles. The second kappa shape index (κ2) is 4.95. The molecule has 3 atom stereocenters. The molecule has 7 nitrogen and oxygen atoms in total. The van der Waals surface area contributed by atoms with E-state index in [9.17, 15) is 15.2 Å². The molecule has 1 amide bonds. The molecule has 124 valence electrons. The highest BCUT2D eigenvalue weighted by molar-refractivity contribution is 5.97. The molecule has 4 rings (SSSR count). The van der Waals surface area contributed by atoms with Crippen LogP contribution < -0.4 is 14.9 Å². The molecular weight excluding hydrogens is 310 g/mol. The summed E-state index contributed by atoms with van der Waals surface area (Å²) < 4.78 is 11.8. The van der Waals surface area contributed by atoms with Crippen LogP contribution in [0.3, 0.4) is 0 Å². The van der Waals surface area contributed by atoms with Crippen molar-refractivity contribution in [3.05, 3.63) is 23.3 Å². The van der Waals surface area contributed by atoms with E-state index in [1.54, 1.807) is 12.1 Å². The van der Waals surface area contributed by atoms with Crippen molar-refractivity contribution in [2.45, 2.75) is 38.4 Å². The molecule has 1 fully saturated rings. The Morgan fingerprint density at radius 1 is 1.46 bits per heavy atom. The van der Waals surface area contributed by atoms with Gasteiger partial charge in [0.25, 0.3) is 0 Å². The first kappa shape index (κ1) is 15.0. The molecule has 0 spiro atoms. The van der Waals surface area contributed by atoms with Crippen molar-refractivity contribution >= 4 is 11.8 Å². The number of carbonyl (C=O) groups is 1. The Labute approximate surface area is 138 Å². The number of benzene rings is 1. The van der Waals surface area contributed by atoms with E-state index in [2.05, 4.69) is 16.6 Å². The third-order valence-corrected chi connectivity index (χ3v) is 4.84. The first-order valence-corrected chi connectivity index (χ1v) is 7.89. The topological polar surface area (TPSA) is 104 Å². The highest BCUT2D eigenvalue weighted by atomic mass is 16.5.